The predicted octanol–water partition coefficient (Wildman–Crippen LogP) is 28.4. The van der Waals surface area contributed by atoms with Gasteiger partial charge in [0.25, 0.3) is 39.1 Å². The molecule has 0 saturated carbocycles. The van der Waals surface area contributed by atoms with Gasteiger partial charge in [-0.2, -0.15) is 52.1 Å². The van der Waals surface area contributed by atoms with E-state index >= 15 is 0 Å². The van der Waals surface area contributed by atoms with Crippen molar-refractivity contribution in [2.45, 2.75) is 260 Å². The number of aromatic nitrogens is 9. The number of anilines is 3. The number of nitrogens with one attached hydrogen (secondary N) is 1. The van der Waals surface area contributed by atoms with Crippen LogP contribution < -0.4 is 19.9 Å². The van der Waals surface area contributed by atoms with Crippen molar-refractivity contribution in [2.75, 3.05) is 38.7 Å². The Kier molecular flexibility index (Phi) is 61.2. The molecule has 0 amide bonds. The van der Waals surface area contributed by atoms with Gasteiger partial charge >= 0.3 is 0 Å². The van der Waals surface area contributed by atoms with E-state index in [4.69, 9.17) is 28.7 Å². The minimum Gasteiger partial charge on any atom is -0.388 e. The molecule has 6 aromatic heterocycles. The first kappa shape index (κ1) is 131. The summed E-state index contributed by atoms with van der Waals surface area (Å²) in [5.74, 6) is 2.77. The molecule has 0 spiro atoms. The fourth-order valence-corrected chi connectivity index (χ4v) is 15.9. The summed E-state index contributed by atoms with van der Waals surface area (Å²) in [4.78, 5) is 24.0. The molecule has 1 aliphatic rings. The zero-order valence-electron chi connectivity index (χ0n) is 79.0. The van der Waals surface area contributed by atoms with Crippen molar-refractivity contribution >= 4 is 285 Å². The Morgan fingerprint density at radius 2 is 0.855 bits per heavy atom. The number of amidine groups is 1. The molecule has 0 unspecified atom stereocenters. The van der Waals surface area contributed by atoms with Crippen molar-refractivity contribution in [3.8, 4) is 0 Å². The van der Waals surface area contributed by atoms with Crippen molar-refractivity contribution in [1.82, 2.24) is 48.7 Å². The number of hydrogen-bond acceptors (Lipinski definition) is 18. The maximum Gasteiger partial charge on any atom is 0.279 e. The number of fused-ring (bicyclic) bond motifs is 3. The van der Waals surface area contributed by atoms with E-state index in [2.05, 4.69) is 353 Å². The molecule has 7 heterocycles. The third-order valence-corrected chi connectivity index (χ3v) is 30.2. The smallest absolute Gasteiger partial charge is 0.279 e. The van der Waals surface area contributed by atoms with Gasteiger partial charge in [-0.05, 0) is 178 Å². The van der Waals surface area contributed by atoms with E-state index in [1.165, 1.54) is 88.7 Å². The van der Waals surface area contributed by atoms with E-state index in [-0.39, 0.29) is 84.9 Å². The second-order valence-electron chi connectivity index (χ2n) is 33.9. The number of hydrogen-bond donors (Lipinski definition) is 3. The maximum absolute atomic E-state index is 14.2. The third-order valence-electron chi connectivity index (χ3n) is 18.4. The Labute approximate surface area is 920 Å². The summed E-state index contributed by atoms with van der Waals surface area (Å²) in [6, 6.07) is 36.5. The van der Waals surface area contributed by atoms with Crippen LogP contribution in [0, 0.1) is 16.9 Å². The van der Waals surface area contributed by atoms with Crippen molar-refractivity contribution in [1.29, 1.82) is 0 Å². The SMILES string of the molecule is C.CC(C)(C)c1ccc(S(=O)(=O)Cl)cc1.CC(C)C1=CC(N)=NC1.CC(C)c1cc2nccc(N(S(=O)(=O)c3ccc(C(C)(C)C)cc3)S(=O)(=O)c3ccc(C(C)(C)C)cc3)n2n1.CC(C)c1cc2nccc(N)n2n1.CC(C)c1cc2nccc(NS(=O)(=O)c3ccc(C(C)(C)C)cc3)n2n1.CCC(I)(I)I.CCC(I)I.CC[CH-]I.CI.II.[C-]#[N+]/C=C/N(CC)CC.[V]. The number of nitrogens with two attached hydrogens (primary N) is 2. The molecule has 0 bridgehead atoms. The second kappa shape index (κ2) is 61.4. The Bertz CT molecular complexity index is 5600. The van der Waals surface area contributed by atoms with E-state index in [9.17, 15) is 33.7 Å². The summed E-state index contributed by atoms with van der Waals surface area (Å²) in [7, 11) is -11.3. The van der Waals surface area contributed by atoms with E-state index in [0.717, 1.165) is 60.9 Å². The minimum absolute atomic E-state index is 0. The normalized spacial score (nSPS) is 12.1. The van der Waals surface area contributed by atoms with Crippen LogP contribution in [0.4, 0.5) is 17.5 Å². The number of aliphatic imine (C=N–C) groups is 1. The molecule has 131 heavy (non-hydrogen) atoms. The third kappa shape index (κ3) is 45.0. The molecule has 0 aliphatic carbocycles. The average Bonchev–Trinajstić information content (AvgIpc) is 1.72. The van der Waals surface area contributed by atoms with Gasteiger partial charge < -0.3 is 39.0 Å². The summed E-state index contributed by atoms with van der Waals surface area (Å²) in [5.41, 5.74) is 20.4. The number of nitrogens with zero attached hydrogens (tertiary/aromatic N) is 13. The molecule has 1 aliphatic heterocycles. The number of benzene rings is 4. The molecule has 0 fully saturated rings. The van der Waals surface area contributed by atoms with Gasteiger partial charge in [0, 0.05) is 122 Å². The molecule has 729 valence electrons. The van der Waals surface area contributed by atoms with Gasteiger partial charge in [0.15, 0.2) is 29.0 Å². The number of alkyl halides is 6. The fourth-order valence-electron chi connectivity index (χ4n) is 10.5. The quantitative estimate of drug-likeness (QED) is 0.0293. The molecule has 4 aromatic carbocycles. The van der Waals surface area contributed by atoms with Crippen LogP contribution in [0.3, 0.4) is 0 Å². The van der Waals surface area contributed by atoms with E-state index in [0.29, 0.717) is 49.4 Å². The molecular formula is C92H133ClI9N16O8S4V-. The number of halogens is 10. The first-order chi connectivity index (χ1) is 59.7. The van der Waals surface area contributed by atoms with Crippen molar-refractivity contribution in [3.05, 3.63) is 231 Å². The summed E-state index contributed by atoms with van der Waals surface area (Å²) < 4.78 is 115. The Balaban J connectivity index is 0. The maximum atomic E-state index is 14.2. The topological polar surface area (TPSA) is 314 Å². The van der Waals surface area contributed by atoms with Crippen molar-refractivity contribution < 1.29 is 52.2 Å². The van der Waals surface area contributed by atoms with Gasteiger partial charge in [0.1, 0.15) is 16.9 Å². The first-order valence-electron chi connectivity index (χ1n) is 41.3. The van der Waals surface area contributed by atoms with Gasteiger partial charge in [0.2, 0.25) is 0 Å². The van der Waals surface area contributed by atoms with Crippen LogP contribution in [0.1, 0.15) is 257 Å². The Hall–Kier alpha value is -2.38. The zero-order valence-corrected chi connectivity index (χ0v) is 104. The average molecular weight is 2950 g/mol. The summed E-state index contributed by atoms with van der Waals surface area (Å²) in [6.07, 6.45) is 13.6. The van der Waals surface area contributed by atoms with Gasteiger partial charge in [-0.3, -0.25) is 14.1 Å². The molecule has 0 saturated heterocycles. The first-order valence-corrected chi connectivity index (χ1v) is 63.4. The van der Waals surface area contributed by atoms with E-state index in [1.807, 2.05) is 111 Å². The van der Waals surface area contributed by atoms with Crippen LogP contribution in [-0.2, 0) is 79.3 Å². The number of nitrogen functional groups attached to an aromatic ring is 1. The standard InChI is InChI=1S/C29H36N4O4S2.C19H24N4O2S.C10H13ClO2S.C9H12N4.2C7H12N2.C3H5I3.C3H6I2.C3H6I.CH3I.CH4.I2.V/c1-20(2)25-19-26-30-18-17-27(32(26)31-25)33(38(34,35)23-13-9-21(10-14-23)28(3,4)5)39(36,37)24-15-11-22(12-16-24)29(6,7)8;1-13(2)16-12-18-20-11-10-17(23(18)21-16)22-26(24,25)15-8-6-14(7-9-15)19(3,4)5;1-10(2,3)8-4-6-9(7-5-8)14(11,12)13;1-6(2)7-5-9-11-4-3-8(10)13(9)12-7;1-5(2)6-3-7(8)9-4-6;1-4-9(5-2)7-6-8-3;1-2-3(4,5)6;1-2-3(4)5;1-2-3-4;1-2;;1-2;/h9-20H,1-8H3;6-13,22H,1-5H3;4-7H,1-3H3;3-6H,10H2,1-2H3;3,5H,4H2,1-2H3,(H2,8,9);6-7H,4-5H2,1-2H3;2H2,1H3;3H,2H2,1H3;3H,2H2,1H3;1H3;1H4;;/q;;;;;;;;-1;;;;/b;;;;;7-6+;;;;;;;. The monoisotopic (exact) mass is 2950 g/mol. The summed E-state index contributed by atoms with van der Waals surface area (Å²) in [5, 5.41) is 13.3. The van der Waals surface area contributed by atoms with Crippen LogP contribution >= 0.6 is 206 Å². The predicted molar refractivity (Wildman–Crippen MR) is 626 cm³/mol. The van der Waals surface area contributed by atoms with Crippen molar-refractivity contribution in [3.63, 3.8) is 0 Å². The number of sulfonamides is 3. The number of rotatable bonds is 19. The van der Waals surface area contributed by atoms with Gasteiger partial charge in [-0.15, -0.1) is 3.71 Å². The van der Waals surface area contributed by atoms with Gasteiger partial charge in [-0.1, -0.05) is 351 Å². The second-order valence-corrected chi connectivity index (χ2v) is 60.0. The van der Waals surface area contributed by atoms with Crippen LogP contribution in [0.25, 0.3) is 21.8 Å². The molecule has 11 rings (SSSR count). The summed E-state index contributed by atoms with van der Waals surface area (Å²) in [6.45, 7) is 60.9. The van der Waals surface area contributed by atoms with Crippen LogP contribution in [0.2, 0.25) is 0 Å². The Morgan fingerprint density at radius 3 is 1.14 bits per heavy atom. The fraction of sp³-hybridized carbons (Fsp3) is 0.467. The van der Waals surface area contributed by atoms with Crippen LogP contribution in [-0.4, -0.2) is 114 Å². The zero-order chi connectivity index (χ0) is 99.4. The van der Waals surface area contributed by atoms with Gasteiger partial charge in [0.05, 0.1) is 51.7 Å². The molecule has 1 radical (unpaired) electrons. The molecular weight excluding hydrogens is 2810 g/mol. The minimum atomic E-state index is -4.61. The molecule has 39 heteroatoms. The van der Waals surface area contributed by atoms with Crippen molar-refractivity contribution in [2.24, 2.45) is 16.6 Å². The van der Waals surface area contributed by atoms with Crippen LogP contribution in [0.5, 0.6) is 0 Å². The van der Waals surface area contributed by atoms with Gasteiger partial charge in [-0.25, -0.2) is 36.6 Å². The van der Waals surface area contributed by atoms with E-state index in [1.54, 1.807) is 83.6 Å². The summed E-state index contributed by atoms with van der Waals surface area (Å²) >= 11 is 20.6. The Morgan fingerprint density at radius 1 is 0.534 bits per heavy atom. The molecule has 0 atom stereocenters. The van der Waals surface area contributed by atoms with Crippen LogP contribution in [0.15, 0.2) is 201 Å². The largest absolute Gasteiger partial charge is 0.388 e. The molecule has 5 N–H and O–H groups in total. The molecule has 24 nitrogen and oxygen atoms in total. The molecule has 10 aromatic rings. The van der Waals surface area contributed by atoms with E-state index < -0.39 is 39.1 Å².